The maximum absolute atomic E-state index is 6.05. The maximum Gasteiger partial charge on any atom is 0.122 e. The van der Waals surface area contributed by atoms with Gasteiger partial charge >= 0.3 is 0 Å². The lowest BCUT2D eigenvalue weighted by molar-refractivity contribution is 0.406. The van der Waals surface area contributed by atoms with Gasteiger partial charge in [-0.15, -0.1) is 11.3 Å². The molecular formula is C14H17ClN2OS. The van der Waals surface area contributed by atoms with E-state index in [1.165, 1.54) is 9.75 Å². The van der Waals surface area contributed by atoms with Crippen molar-refractivity contribution in [2.45, 2.75) is 19.4 Å². The smallest absolute Gasteiger partial charge is 0.122 e. The lowest BCUT2D eigenvalue weighted by Crippen LogP contribution is -2.29. The Kier molecular flexibility index (Phi) is 4.82. The summed E-state index contributed by atoms with van der Waals surface area (Å²) in [5, 5.41) is 0.703. The van der Waals surface area contributed by atoms with Crippen LogP contribution in [0.5, 0.6) is 5.75 Å². The van der Waals surface area contributed by atoms with E-state index in [0.29, 0.717) is 5.02 Å². The van der Waals surface area contributed by atoms with Crippen molar-refractivity contribution in [3.05, 3.63) is 50.7 Å². The van der Waals surface area contributed by atoms with Crippen molar-refractivity contribution >= 4 is 22.9 Å². The summed E-state index contributed by atoms with van der Waals surface area (Å²) >= 11 is 7.79. The number of nitrogens with one attached hydrogen (secondary N) is 1. The predicted molar refractivity (Wildman–Crippen MR) is 80.8 cm³/mol. The van der Waals surface area contributed by atoms with Crippen LogP contribution in [-0.4, -0.2) is 7.11 Å². The molecule has 1 aromatic heterocycles. The topological polar surface area (TPSA) is 47.3 Å². The summed E-state index contributed by atoms with van der Waals surface area (Å²) in [4.78, 5) is 2.48. The normalized spacial score (nSPS) is 12.4. The third-order valence-corrected chi connectivity index (χ3v) is 4.32. The van der Waals surface area contributed by atoms with Crippen molar-refractivity contribution in [3.8, 4) is 5.75 Å². The average Bonchev–Trinajstić information content (AvgIpc) is 2.82. The minimum Gasteiger partial charge on any atom is -0.496 e. The number of benzene rings is 1. The number of hydrogen-bond acceptors (Lipinski definition) is 4. The van der Waals surface area contributed by atoms with Gasteiger partial charge in [0.1, 0.15) is 5.75 Å². The molecule has 102 valence electrons. The monoisotopic (exact) mass is 296 g/mol. The van der Waals surface area contributed by atoms with E-state index >= 15 is 0 Å². The number of aryl methyl sites for hydroxylation is 1. The molecule has 0 amide bonds. The Bertz CT molecular complexity index is 556. The molecule has 2 rings (SSSR count). The first-order valence-corrected chi connectivity index (χ1v) is 7.18. The Labute approximate surface area is 122 Å². The number of rotatable bonds is 5. The van der Waals surface area contributed by atoms with E-state index in [0.717, 1.165) is 17.7 Å². The number of ether oxygens (including phenoxy) is 1. The zero-order valence-corrected chi connectivity index (χ0v) is 12.5. The van der Waals surface area contributed by atoms with Gasteiger partial charge in [0.05, 0.1) is 13.2 Å². The van der Waals surface area contributed by atoms with Crippen LogP contribution < -0.4 is 16.0 Å². The SMILES string of the molecule is COc1ccc(Cl)cc1CC(NN)c1ccc(C)s1. The molecule has 0 aliphatic carbocycles. The van der Waals surface area contributed by atoms with Crippen molar-refractivity contribution < 1.29 is 4.74 Å². The fraction of sp³-hybridized carbons (Fsp3) is 0.286. The summed E-state index contributed by atoms with van der Waals surface area (Å²) in [5.41, 5.74) is 3.91. The minimum absolute atomic E-state index is 0.0612. The zero-order valence-electron chi connectivity index (χ0n) is 10.9. The van der Waals surface area contributed by atoms with E-state index in [1.807, 2.05) is 18.2 Å². The first kappa shape index (κ1) is 14.3. The highest BCUT2D eigenvalue weighted by Crippen LogP contribution is 2.30. The molecule has 0 aliphatic rings. The number of hydrogen-bond donors (Lipinski definition) is 2. The summed E-state index contributed by atoms with van der Waals surface area (Å²) in [5.74, 6) is 6.51. The first-order chi connectivity index (χ1) is 9.13. The molecule has 5 heteroatoms. The molecule has 0 saturated heterocycles. The number of nitrogens with two attached hydrogens (primary N) is 1. The van der Waals surface area contributed by atoms with Gasteiger partial charge in [0.25, 0.3) is 0 Å². The van der Waals surface area contributed by atoms with E-state index in [-0.39, 0.29) is 6.04 Å². The first-order valence-electron chi connectivity index (χ1n) is 5.99. The maximum atomic E-state index is 6.05. The van der Waals surface area contributed by atoms with Crippen LogP contribution in [0.2, 0.25) is 5.02 Å². The lowest BCUT2D eigenvalue weighted by atomic mass is 10.0. The molecule has 1 aromatic carbocycles. The van der Waals surface area contributed by atoms with Gasteiger partial charge in [0.2, 0.25) is 0 Å². The standard InChI is InChI=1S/C14H17ClN2OS/c1-9-3-6-14(19-9)12(17-16)8-10-7-11(15)4-5-13(10)18-2/h3-7,12,17H,8,16H2,1-2H3. The predicted octanol–water partition coefficient (Wildman–Crippen LogP) is 3.47. The zero-order chi connectivity index (χ0) is 13.8. The fourth-order valence-electron chi connectivity index (χ4n) is 2.01. The van der Waals surface area contributed by atoms with Gasteiger partial charge in [0.15, 0.2) is 0 Å². The summed E-state index contributed by atoms with van der Waals surface area (Å²) in [6, 6.07) is 9.88. The lowest BCUT2D eigenvalue weighted by Gasteiger charge is -2.16. The van der Waals surface area contributed by atoms with Crippen molar-refractivity contribution in [1.82, 2.24) is 5.43 Å². The quantitative estimate of drug-likeness (QED) is 0.656. The largest absolute Gasteiger partial charge is 0.496 e. The number of thiophene rings is 1. The molecule has 2 aromatic rings. The van der Waals surface area contributed by atoms with Crippen molar-refractivity contribution in [3.63, 3.8) is 0 Å². The van der Waals surface area contributed by atoms with Crippen molar-refractivity contribution in [2.75, 3.05) is 7.11 Å². The second kappa shape index (κ2) is 6.39. The van der Waals surface area contributed by atoms with Crippen molar-refractivity contribution in [2.24, 2.45) is 5.84 Å². The van der Waals surface area contributed by atoms with Crippen LogP contribution in [0.15, 0.2) is 30.3 Å². The van der Waals surface area contributed by atoms with E-state index in [9.17, 15) is 0 Å². The van der Waals surface area contributed by atoms with Crippen LogP contribution in [0.3, 0.4) is 0 Å². The van der Waals surface area contributed by atoms with Crippen LogP contribution in [0.25, 0.3) is 0 Å². The van der Waals surface area contributed by atoms with Crippen molar-refractivity contribution in [1.29, 1.82) is 0 Å². The summed E-state index contributed by atoms with van der Waals surface area (Å²) in [6.45, 7) is 2.09. The van der Waals surface area contributed by atoms with Crippen LogP contribution in [0.4, 0.5) is 0 Å². The molecule has 0 fully saturated rings. The highest BCUT2D eigenvalue weighted by atomic mass is 35.5. The van der Waals surface area contributed by atoms with Gasteiger partial charge < -0.3 is 4.74 Å². The van der Waals surface area contributed by atoms with Gasteiger partial charge in [-0.05, 0) is 49.2 Å². The molecular weight excluding hydrogens is 280 g/mol. The fourth-order valence-corrected chi connectivity index (χ4v) is 3.14. The van der Waals surface area contributed by atoms with Crippen LogP contribution >= 0.6 is 22.9 Å². The second-order valence-corrected chi connectivity index (χ2v) is 6.08. The second-order valence-electron chi connectivity index (χ2n) is 4.33. The van der Waals surface area contributed by atoms with E-state index in [2.05, 4.69) is 24.5 Å². The molecule has 1 unspecified atom stereocenters. The molecule has 19 heavy (non-hydrogen) atoms. The molecule has 1 heterocycles. The Balaban J connectivity index is 2.25. The van der Waals surface area contributed by atoms with E-state index in [1.54, 1.807) is 18.4 Å². The number of hydrazine groups is 1. The highest BCUT2D eigenvalue weighted by molar-refractivity contribution is 7.12. The Hall–Kier alpha value is -1.07. The molecule has 0 bridgehead atoms. The highest BCUT2D eigenvalue weighted by Gasteiger charge is 2.15. The molecule has 0 saturated carbocycles. The van der Waals surface area contributed by atoms with Crippen LogP contribution in [-0.2, 0) is 6.42 Å². The molecule has 0 aliphatic heterocycles. The number of halogens is 1. The molecule has 3 nitrogen and oxygen atoms in total. The van der Waals surface area contributed by atoms with Gasteiger partial charge in [-0.25, -0.2) is 0 Å². The van der Waals surface area contributed by atoms with E-state index in [4.69, 9.17) is 22.2 Å². The molecule has 1 atom stereocenters. The van der Waals surface area contributed by atoms with Gasteiger partial charge in [0, 0.05) is 14.8 Å². The summed E-state index contributed by atoms with van der Waals surface area (Å²) in [6.07, 6.45) is 0.736. The minimum atomic E-state index is 0.0612. The third-order valence-electron chi connectivity index (χ3n) is 2.97. The molecule has 0 spiro atoms. The molecule has 0 radical (unpaired) electrons. The van der Waals surface area contributed by atoms with Gasteiger partial charge in [-0.1, -0.05) is 11.6 Å². The van der Waals surface area contributed by atoms with E-state index < -0.39 is 0 Å². The third kappa shape index (κ3) is 3.48. The Morgan fingerprint density at radius 2 is 2.16 bits per heavy atom. The van der Waals surface area contributed by atoms with Crippen LogP contribution in [0, 0.1) is 6.92 Å². The number of methoxy groups -OCH3 is 1. The molecule has 3 N–H and O–H groups in total. The summed E-state index contributed by atoms with van der Waals surface area (Å²) in [7, 11) is 1.66. The van der Waals surface area contributed by atoms with Gasteiger partial charge in [-0.2, -0.15) is 0 Å². The Morgan fingerprint density at radius 1 is 1.37 bits per heavy atom. The average molecular weight is 297 g/mol. The summed E-state index contributed by atoms with van der Waals surface area (Å²) < 4.78 is 5.36. The Morgan fingerprint density at radius 3 is 2.74 bits per heavy atom. The van der Waals surface area contributed by atoms with Crippen LogP contribution in [0.1, 0.15) is 21.4 Å². The van der Waals surface area contributed by atoms with Gasteiger partial charge in [-0.3, -0.25) is 11.3 Å².